The maximum absolute atomic E-state index is 12.9. The molecule has 0 aliphatic heterocycles. The summed E-state index contributed by atoms with van der Waals surface area (Å²) in [6.07, 6.45) is 1.72. The maximum atomic E-state index is 12.9. The summed E-state index contributed by atoms with van der Waals surface area (Å²) in [7, 11) is 0. The highest BCUT2D eigenvalue weighted by Gasteiger charge is 2.26. The molecule has 0 heterocycles. The molecule has 1 aliphatic carbocycles. The fourth-order valence-corrected chi connectivity index (χ4v) is 2.11. The van der Waals surface area contributed by atoms with Gasteiger partial charge in [-0.1, -0.05) is 0 Å². The van der Waals surface area contributed by atoms with E-state index in [-0.39, 0.29) is 11.6 Å². The Bertz CT molecular complexity index is 575. The molecular formula is C12H11FIN3O3. The van der Waals surface area contributed by atoms with E-state index in [1.54, 1.807) is 22.6 Å². The Balaban J connectivity index is 1.87. The van der Waals surface area contributed by atoms with Crippen molar-refractivity contribution in [2.45, 2.75) is 18.9 Å². The van der Waals surface area contributed by atoms with E-state index in [9.17, 15) is 18.8 Å². The highest BCUT2D eigenvalue weighted by Crippen LogP contribution is 2.18. The number of rotatable bonds is 2. The van der Waals surface area contributed by atoms with Crippen molar-refractivity contribution in [3.05, 3.63) is 33.1 Å². The number of carbonyl (C=O) groups is 3. The number of benzene rings is 1. The smallest absolute Gasteiger partial charge is 0.327 e. The van der Waals surface area contributed by atoms with E-state index in [0.717, 1.165) is 18.9 Å². The minimum Gasteiger partial charge on any atom is -0.345 e. The lowest BCUT2D eigenvalue weighted by Gasteiger charge is -2.08. The van der Waals surface area contributed by atoms with Gasteiger partial charge in [0.25, 0.3) is 5.91 Å². The molecule has 3 N–H and O–H groups in total. The van der Waals surface area contributed by atoms with Gasteiger partial charge in [0, 0.05) is 9.61 Å². The molecule has 0 unspecified atom stereocenters. The van der Waals surface area contributed by atoms with E-state index >= 15 is 0 Å². The predicted octanol–water partition coefficient (Wildman–Crippen LogP) is 0.470. The van der Waals surface area contributed by atoms with Crippen LogP contribution in [0.4, 0.5) is 4.39 Å². The first-order valence-corrected chi connectivity index (χ1v) is 6.91. The molecule has 1 aromatic carbocycles. The lowest BCUT2D eigenvalue weighted by molar-refractivity contribution is -0.139. The largest absolute Gasteiger partial charge is 0.345 e. The van der Waals surface area contributed by atoms with Crippen LogP contribution < -0.4 is 16.2 Å². The zero-order valence-electron chi connectivity index (χ0n) is 10.2. The zero-order chi connectivity index (χ0) is 14.7. The van der Waals surface area contributed by atoms with Gasteiger partial charge >= 0.3 is 11.8 Å². The molecule has 0 radical (unpaired) electrons. The monoisotopic (exact) mass is 391 g/mol. The summed E-state index contributed by atoms with van der Waals surface area (Å²) in [4.78, 5) is 34.5. The van der Waals surface area contributed by atoms with E-state index < -0.39 is 23.5 Å². The highest BCUT2D eigenvalue weighted by atomic mass is 127. The summed E-state index contributed by atoms with van der Waals surface area (Å²) in [6.45, 7) is 0. The quantitative estimate of drug-likeness (QED) is 0.389. The summed E-state index contributed by atoms with van der Waals surface area (Å²) in [5.41, 5.74) is 4.32. The Labute approximate surface area is 127 Å². The van der Waals surface area contributed by atoms with Crippen molar-refractivity contribution in [2.75, 3.05) is 0 Å². The molecule has 106 valence electrons. The van der Waals surface area contributed by atoms with Gasteiger partial charge in [-0.25, -0.2) is 4.39 Å². The van der Waals surface area contributed by atoms with Gasteiger partial charge in [0.2, 0.25) is 0 Å². The Morgan fingerprint density at radius 2 is 1.85 bits per heavy atom. The molecule has 1 aliphatic rings. The fraction of sp³-hybridized carbons (Fsp3) is 0.250. The normalized spacial score (nSPS) is 13.5. The van der Waals surface area contributed by atoms with Crippen LogP contribution in [-0.2, 0) is 9.59 Å². The molecule has 1 saturated carbocycles. The summed E-state index contributed by atoms with van der Waals surface area (Å²) < 4.78 is 13.3. The molecule has 1 fully saturated rings. The molecule has 2 rings (SSSR count). The van der Waals surface area contributed by atoms with E-state index in [4.69, 9.17) is 0 Å². The number of hydrogen-bond acceptors (Lipinski definition) is 3. The molecule has 0 bridgehead atoms. The molecular weight excluding hydrogens is 380 g/mol. The molecule has 0 saturated heterocycles. The predicted molar refractivity (Wildman–Crippen MR) is 75.9 cm³/mol. The van der Waals surface area contributed by atoms with Gasteiger partial charge in [-0.3, -0.25) is 25.2 Å². The van der Waals surface area contributed by atoms with Crippen molar-refractivity contribution in [3.8, 4) is 0 Å². The highest BCUT2D eigenvalue weighted by molar-refractivity contribution is 14.1. The van der Waals surface area contributed by atoms with Crippen LogP contribution in [0.25, 0.3) is 0 Å². The van der Waals surface area contributed by atoms with Crippen LogP contribution in [0.15, 0.2) is 18.2 Å². The first-order valence-electron chi connectivity index (χ1n) is 5.83. The first-order chi connectivity index (χ1) is 9.47. The zero-order valence-corrected chi connectivity index (χ0v) is 12.4. The molecule has 0 aromatic heterocycles. The van der Waals surface area contributed by atoms with Crippen molar-refractivity contribution in [1.29, 1.82) is 0 Å². The summed E-state index contributed by atoms with van der Waals surface area (Å²) in [5, 5.41) is 2.48. The van der Waals surface area contributed by atoms with Crippen LogP contribution in [-0.4, -0.2) is 23.8 Å². The van der Waals surface area contributed by atoms with E-state index in [0.29, 0.717) is 3.57 Å². The van der Waals surface area contributed by atoms with Crippen LogP contribution in [0.5, 0.6) is 0 Å². The standard InChI is InChI=1S/C12H11FIN3O3/c13-6-1-4-8(9(14)5-6)10(18)16-17-12(20)11(19)15-7-2-3-7/h1,4-5,7H,2-3H2,(H,15,19)(H,16,18)(H,17,20). The van der Waals surface area contributed by atoms with Gasteiger partial charge < -0.3 is 5.32 Å². The minimum atomic E-state index is -0.942. The molecule has 1 aromatic rings. The second-order valence-electron chi connectivity index (χ2n) is 4.28. The second-order valence-corrected chi connectivity index (χ2v) is 5.44. The topological polar surface area (TPSA) is 87.3 Å². The van der Waals surface area contributed by atoms with Crippen molar-refractivity contribution in [1.82, 2.24) is 16.2 Å². The Morgan fingerprint density at radius 3 is 2.45 bits per heavy atom. The summed E-state index contributed by atoms with van der Waals surface area (Å²) in [6, 6.07) is 3.68. The number of hydrazine groups is 1. The summed E-state index contributed by atoms with van der Waals surface area (Å²) >= 11 is 1.80. The van der Waals surface area contributed by atoms with Crippen molar-refractivity contribution >= 4 is 40.3 Å². The SMILES string of the molecule is O=C(NNC(=O)c1ccc(F)cc1I)C(=O)NC1CC1. The molecule has 3 amide bonds. The lowest BCUT2D eigenvalue weighted by Crippen LogP contribution is -2.49. The van der Waals surface area contributed by atoms with Crippen LogP contribution in [0.3, 0.4) is 0 Å². The lowest BCUT2D eigenvalue weighted by atomic mass is 10.2. The maximum Gasteiger partial charge on any atom is 0.327 e. The third-order valence-electron chi connectivity index (χ3n) is 2.58. The summed E-state index contributed by atoms with van der Waals surface area (Å²) in [5.74, 6) is -2.82. The average molecular weight is 391 g/mol. The number of hydrogen-bond donors (Lipinski definition) is 3. The van der Waals surface area contributed by atoms with E-state index in [1.165, 1.54) is 12.1 Å². The molecule has 6 nitrogen and oxygen atoms in total. The van der Waals surface area contributed by atoms with Gasteiger partial charge in [-0.2, -0.15) is 0 Å². The third kappa shape index (κ3) is 3.89. The van der Waals surface area contributed by atoms with Gasteiger partial charge in [-0.05, 0) is 53.6 Å². The van der Waals surface area contributed by atoms with Crippen LogP contribution >= 0.6 is 22.6 Å². The Morgan fingerprint density at radius 1 is 1.15 bits per heavy atom. The van der Waals surface area contributed by atoms with Crippen molar-refractivity contribution in [2.24, 2.45) is 0 Å². The van der Waals surface area contributed by atoms with Gasteiger partial charge in [0.15, 0.2) is 0 Å². The molecule has 8 heteroatoms. The van der Waals surface area contributed by atoms with Crippen molar-refractivity contribution in [3.63, 3.8) is 0 Å². The van der Waals surface area contributed by atoms with Crippen LogP contribution in [0, 0.1) is 9.39 Å². The molecule has 20 heavy (non-hydrogen) atoms. The fourth-order valence-electron chi connectivity index (χ4n) is 1.39. The van der Waals surface area contributed by atoms with E-state index in [2.05, 4.69) is 10.7 Å². The van der Waals surface area contributed by atoms with Gasteiger partial charge in [0.05, 0.1) is 5.56 Å². The van der Waals surface area contributed by atoms with Crippen LogP contribution in [0.2, 0.25) is 0 Å². The first kappa shape index (κ1) is 14.7. The molecule has 0 spiro atoms. The van der Waals surface area contributed by atoms with Crippen LogP contribution in [0.1, 0.15) is 23.2 Å². The Hall–Kier alpha value is -1.71. The number of amides is 3. The van der Waals surface area contributed by atoms with E-state index in [1.807, 2.05) is 5.43 Å². The molecule has 0 atom stereocenters. The number of carbonyl (C=O) groups excluding carboxylic acids is 3. The second kappa shape index (κ2) is 6.16. The van der Waals surface area contributed by atoms with Gasteiger partial charge in [-0.15, -0.1) is 0 Å². The van der Waals surface area contributed by atoms with Gasteiger partial charge in [0.1, 0.15) is 5.82 Å². The third-order valence-corrected chi connectivity index (χ3v) is 3.48. The average Bonchev–Trinajstić information content (AvgIpc) is 3.19. The van der Waals surface area contributed by atoms with Crippen molar-refractivity contribution < 1.29 is 18.8 Å². The Kier molecular flexibility index (Phi) is 4.53. The number of nitrogens with one attached hydrogen (secondary N) is 3. The number of halogens is 2. The minimum absolute atomic E-state index is 0.0574.